The monoisotopic (exact) mass is 364 g/mol. The maximum atomic E-state index is 12.2. The molecule has 7 nitrogen and oxygen atoms in total. The highest BCUT2D eigenvalue weighted by atomic mass is 32.2. The van der Waals surface area contributed by atoms with Crippen LogP contribution in [0.5, 0.6) is 11.5 Å². The first-order valence-electron chi connectivity index (χ1n) is 7.79. The first-order valence-corrected chi connectivity index (χ1v) is 9.20. The standard InChI is InChI=1S/C17H20N2O5S/c1-2-3-12-18-17(21)19-13-4-10-16(11-5-13)25(22,23)24-15-8-6-14(20)7-9-15/h4-11,20H,2-3,12H2,1H3,(H2,18,19,21). The van der Waals surface area contributed by atoms with Crippen LogP contribution in [0.2, 0.25) is 0 Å². The zero-order valence-electron chi connectivity index (χ0n) is 13.7. The van der Waals surface area contributed by atoms with Gasteiger partial charge in [0.05, 0.1) is 0 Å². The van der Waals surface area contributed by atoms with Gasteiger partial charge in [-0.3, -0.25) is 0 Å². The van der Waals surface area contributed by atoms with Crippen molar-refractivity contribution in [3.63, 3.8) is 0 Å². The highest BCUT2D eigenvalue weighted by Crippen LogP contribution is 2.22. The van der Waals surface area contributed by atoms with Crippen molar-refractivity contribution in [3.05, 3.63) is 48.5 Å². The summed E-state index contributed by atoms with van der Waals surface area (Å²) in [5.74, 6) is 0.104. The summed E-state index contributed by atoms with van der Waals surface area (Å²) in [7, 11) is -4.00. The Kier molecular flexibility index (Phi) is 6.24. The molecule has 0 atom stereocenters. The van der Waals surface area contributed by atoms with Gasteiger partial charge in [-0.2, -0.15) is 8.42 Å². The van der Waals surface area contributed by atoms with Crippen molar-refractivity contribution in [2.24, 2.45) is 0 Å². The Morgan fingerprint density at radius 2 is 1.72 bits per heavy atom. The van der Waals surface area contributed by atoms with Crippen LogP contribution in [0.4, 0.5) is 10.5 Å². The molecular weight excluding hydrogens is 344 g/mol. The summed E-state index contributed by atoms with van der Waals surface area (Å²) < 4.78 is 29.4. The molecule has 2 aromatic rings. The fraction of sp³-hybridized carbons (Fsp3) is 0.235. The normalized spacial score (nSPS) is 10.9. The summed E-state index contributed by atoms with van der Waals surface area (Å²) in [4.78, 5) is 11.6. The van der Waals surface area contributed by atoms with Gasteiger partial charge < -0.3 is 19.9 Å². The number of hydrogen-bond acceptors (Lipinski definition) is 5. The number of anilines is 1. The summed E-state index contributed by atoms with van der Waals surface area (Å²) in [5.41, 5.74) is 0.470. The van der Waals surface area contributed by atoms with Crippen molar-refractivity contribution in [2.75, 3.05) is 11.9 Å². The molecule has 2 aromatic carbocycles. The second-order valence-corrected chi connectivity index (χ2v) is 6.84. The molecule has 0 radical (unpaired) electrons. The molecule has 25 heavy (non-hydrogen) atoms. The Hall–Kier alpha value is -2.74. The lowest BCUT2D eigenvalue weighted by molar-refractivity contribution is 0.252. The quantitative estimate of drug-likeness (QED) is 0.517. The minimum absolute atomic E-state index is 0.0115. The topological polar surface area (TPSA) is 105 Å². The van der Waals surface area contributed by atoms with Crippen molar-refractivity contribution in [1.82, 2.24) is 5.32 Å². The van der Waals surface area contributed by atoms with Crippen molar-refractivity contribution in [1.29, 1.82) is 0 Å². The van der Waals surface area contributed by atoms with Gasteiger partial charge in [0.15, 0.2) is 0 Å². The van der Waals surface area contributed by atoms with E-state index in [9.17, 15) is 18.3 Å². The number of aromatic hydroxyl groups is 1. The largest absolute Gasteiger partial charge is 0.508 e. The maximum absolute atomic E-state index is 12.2. The summed E-state index contributed by atoms with van der Waals surface area (Å²) in [6.07, 6.45) is 1.87. The zero-order valence-corrected chi connectivity index (χ0v) is 14.5. The minimum atomic E-state index is -4.00. The number of amides is 2. The predicted molar refractivity (Wildman–Crippen MR) is 94.3 cm³/mol. The first kappa shape index (κ1) is 18.6. The van der Waals surface area contributed by atoms with Gasteiger partial charge in [0, 0.05) is 12.2 Å². The third-order valence-corrected chi connectivity index (χ3v) is 4.52. The second-order valence-electron chi connectivity index (χ2n) is 5.29. The van der Waals surface area contributed by atoms with Gasteiger partial charge in [0.25, 0.3) is 0 Å². The van der Waals surface area contributed by atoms with Crippen LogP contribution in [0.3, 0.4) is 0 Å². The molecule has 0 aliphatic rings. The van der Waals surface area contributed by atoms with Gasteiger partial charge in [-0.1, -0.05) is 13.3 Å². The van der Waals surface area contributed by atoms with E-state index in [4.69, 9.17) is 4.18 Å². The van der Waals surface area contributed by atoms with Crippen LogP contribution in [0, 0.1) is 0 Å². The maximum Gasteiger partial charge on any atom is 0.339 e. The third-order valence-electron chi connectivity index (χ3n) is 3.26. The molecule has 0 saturated heterocycles. The van der Waals surface area contributed by atoms with Crippen molar-refractivity contribution < 1.29 is 22.5 Å². The van der Waals surface area contributed by atoms with Crippen LogP contribution in [0.1, 0.15) is 19.8 Å². The van der Waals surface area contributed by atoms with Gasteiger partial charge in [-0.05, 0) is 55.0 Å². The molecule has 3 N–H and O–H groups in total. The van der Waals surface area contributed by atoms with Crippen LogP contribution in [-0.4, -0.2) is 26.1 Å². The van der Waals surface area contributed by atoms with Gasteiger partial charge >= 0.3 is 16.1 Å². The van der Waals surface area contributed by atoms with Crippen LogP contribution in [-0.2, 0) is 10.1 Å². The molecule has 0 fully saturated rings. The molecule has 0 aromatic heterocycles. The van der Waals surface area contributed by atoms with Crippen LogP contribution >= 0.6 is 0 Å². The van der Waals surface area contributed by atoms with E-state index in [0.717, 1.165) is 12.8 Å². The van der Waals surface area contributed by atoms with E-state index < -0.39 is 10.1 Å². The molecule has 0 aliphatic carbocycles. The number of urea groups is 1. The lowest BCUT2D eigenvalue weighted by Gasteiger charge is -2.09. The number of carbonyl (C=O) groups is 1. The summed E-state index contributed by atoms with van der Waals surface area (Å²) in [6.45, 7) is 2.61. The highest BCUT2D eigenvalue weighted by Gasteiger charge is 2.16. The van der Waals surface area contributed by atoms with E-state index in [1.807, 2.05) is 6.92 Å². The number of rotatable bonds is 7. The Morgan fingerprint density at radius 1 is 1.08 bits per heavy atom. The van der Waals surface area contributed by atoms with Crippen molar-refractivity contribution in [2.45, 2.75) is 24.7 Å². The molecular formula is C17H20N2O5S. The fourth-order valence-corrected chi connectivity index (χ4v) is 2.87. The lowest BCUT2D eigenvalue weighted by atomic mass is 10.3. The van der Waals surface area contributed by atoms with Gasteiger partial charge in [0.2, 0.25) is 0 Å². The average Bonchev–Trinajstić information content (AvgIpc) is 2.57. The van der Waals surface area contributed by atoms with Crippen molar-refractivity contribution >= 4 is 21.8 Å². The Bertz CT molecular complexity index is 802. The third kappa shape index (κ3) is 5.68. The average molecular weight is 364 g/mol. The number of phenols is 1. The molecule has 0 saturated carbocycles. The van der Waals surface area contributed by atoms with E-state index in [-0.39, 0.29) is 22.4 Å². The predicted octanol–water partition coefficient (Wildman–Crippen LogP) is 3.08. The molecule has 0 heterocycles. The smallest absolute Gasteiger partial charge is 0.339 e. The summed E-state index contributed by atoms with van der Waals surface area (Å²) in [5, 5.41) is 14.5. The zero-order chi connectivity index (χ0) is 18.3. The number of nitrogens with one attached hydrogen (secondary N) is 2. The number of benzene rings is 2. The number of phenolic OH excluding ortho intramolecular Hbond substituents is 1. The van der Waals surface area contributed by atoms with Gasteiger partial charge in [0.1, 0.15) is 16.4 Å². The molecule has 0 bridgehead atoms. The molecule has 8 heteroatoms. The van der Waals surface area contributed by atoms with Crippen molar-refractivity contribution in [3.8, 4) is 11.5 Å². The SMILES string of the molecule is CCCCNC(=O)Nc1ccc(S(=O)(=O)Oc2ccc(O)cc2)cc1. The molecule has 0 unspecified atom stereocenters. The van der Waals surface area contributed by atoms with E-state index in [2.05, 4.69) is 10.6 Å². The fourth-order valence-electron chi connectivity index (χ4n) is 1.94. The Balaban J connectivity index is 2.00. The number of hydrogen-bond donors (Lipinski definition) is 3. The molecule has 2 rings (SSSR count). The molecule has 0 spiro atoms. The molecule has 0 aliphatic heterocycles. The molecule has 134 valence electrons. The van der Waals surface area contributed by atoms with Crippen LogP contribution in [0.25, 0.3) is 0 Å². The first-order chi connectivity index (χ1) is 11.9. The minimum Gasteiger partial charge on any atom is -0.508 e. The highest BCUT2D eigenvalue weighted by molar-refractivity contribution is 7.87. The summed E-state index contributed by atoms with van der Waals surface area (Å²) >= 11 is 0. The number of unbranched alkanes of at least 4 members (excludes halogenated alkanes) is 1. The molecule has 2 amide bonds. The van der Waals surface area contributed by atoms with Gasteiger partial charge in [-0.25, -0.2) is 4.79 Å². The van der Waals surface area contributed by atoms with Gasteiger partial charge in [-0.15, -0.1) is 0 Å². The lowest BCUT2D eigenvalue weighted by Crippen LogP contribution is -2.29. The second kappa shape index (κ2) is 8.39. The number of carbonyl (C=O) groups excluding carboxylic acids is 1. The Morgan fingerprint density at radius 3 is 2.32 bits per heavy atom. The van der Waals surface area contributed by atoms with Crippen LogP contribution < -0.4 is 14.8 Å². The van der Waals surface area contributed by atoms with Crippen LogP contribution in [0.15, 0.2) is 53.4 Å². The van der Waals surface area contributed by atoms with E-state index >= 15 is 0 Å². The Labute approximate surface area is 146 Å². The summed E-state index contributed by atoms with van der Waals surface area (Å²) in [6, 6.07) is 10.7. The van der Waals surface area contributed by atoms with E-state index in [0.29, 0.717) is 12.2 Å². The van der Waals surface area contributed by atoms with E-state index in [1.165, 1.54) is 48.5 Å². The van der Waals surface area contributed by atoms with E-state index in [1.54, 1.807) is 0 Å².